The van der Waals surface area contributed by atoms with Gasteiger partial charge in [-0.25, -0.2) is 0 Å². The molecule has 0 aliphatic rings. The van der Waals surface area contributed by atoms with Gasteiger partial charge in [-0.1, -0.05) is 49.5 Å². The Morgan fingerprint density at radius 2 is 1.41 bits per heavy atom. The van der Waals surface area contributed by atoms with Crippen molar-refractivity contribution >= 4 is 40.8 Å². The fourth-order valence-electron chi connectivity index (χ4n) is 2.38. The van der Waals surface area contributed by atoms with E-state index in [-0.39, 0.29) is 64.1 Å². The van der Waals surface area contributed by atoms with E-state index in [9.17, 15) is 24.1 Å². The minimum atomic E-state index is -1.00. The van der Waals surface area contributed by atoms with Gasteiger partial charge in [-0.15, -0.1) is 23.2 Å². The van der Waals surface area contributed by atoms with Gasteiger partial charge in [0.15, 0.2) is 0 Å². The van der Waals surface area contributed by atoms with E-state index in [1.807, 2.05) is 13.8 Å². The SMILES string of the molecule is C.C.CCCC(=O)NCC(O)CO.CCCC(=O)Oc1ccc([N+](=O)[O-])cc1.CCN(CC)CC.ClCCl.NCC(O)CO.[2H]CF. The number of hydrogen-bond donors (Lipinski definition) is 6. The number of non-ortho nitro benzene ring substituents is 1. The molecule has 13 nitrogen and oxygen atoms in total. The van der Waals surface area contributed by atoms with Crippen molar-refractivity contribution in [2.75, 3.05) is 58.4 Å². The summed E-state index contributed by atoms with van der Waals surface area (Å²) in [6.07, 6.45) is 0.753. The molecule has 7 N–H and O–H groups in total. The molecule has 46 heavy (non-hydrogen) atoms. The Kier molecular flexibility index (Phi) is 57.7. The summed E-state index contributed by atoms with van der Waals surface area (Å²) in [5, 5.41) is 46.5. The molecule has 0 aliphatic carbocycles. The number of esters is 1. The van der Waals surface area contributed by atoms with Crippen LogP contribution in [-0.4, -0.2) is 113 Å². The Morgan fingerprint density at radius 1 is 1.00 bits per heavy atom. The summed E-state index contributed by atoms with van der Waals surface area (Å²) in [6, 6.07) is 5.42. The van der Waals surface area contributed by atoms with Gasteiger partial charge in [0.1, 0.15) is 5.75 Å². The van der Waals surface area contributed by atoms with E-state index in [2.05, 4.69) is 31.0 Å². The molecule has 0 aromatic heterocycles. The lowest BCUT2D eigenvalue weighted by Gasteiger charge is -2.13. The first kappa shape index (κ1) is 56.2. The summed E-state index contributed by atoms with van der Waals surface area (Å²) < 4.78 is 20.4. The molecule has 2 unspecified atom stereocenters. The highest BCUT2D eigenvalue weighted by molar-refractivity contribution is 6.40. The third kappa shape index (κ3) is 46.3. The minimum absolute atomic E-state index is 0. The van der Waals surface area contributed by atoms with Crippen LogP contribution in [0.2, 0.25) is 0 Å². The lowest BCUT2D eigenvalue weighted by Crippen LogP contribution is -2.33. The predicted octanol–water partition coefficient (Wildman–Crippen LogP) is 4.48. The molecule has 0 fully saturated rings. The molecule has 1 aromatic rings. The van der Waals surface area contributed by atoms with Gasteiger partial charge in [0.05, 0.1) is 44.2 Å². The van der Waals surface area contributed by atoms with Gasteiger partial charge in [0.25, 0.3) is 5.69 Å². The fourth-order valence-corrected chi connectivity index (χ4v) is 2.38. The summed E-state index contributed by atoms with van der Waals surface area (Å²) in [5.74, 6) is -0.0783. The third-order valence-corrected chi connectivity index (χ3v) is 4.78. The Hall–Kier alpha value is -2.17. The van der Waals surface area contributed by atoms with E-state index in [1.54, 1.807) is 0 Å². The molecule has 1 aromatic carbocycles. The van der Waals surface area contributed by atoms with Crippen LogP contribution in [0.25, 0.3) is 0 Å². The van der Waals surface area contributed by atoms with Gasteiger partial charge < -0.3 is 41.1 Å². The first-order chi connectivity index (χ1) is 21.3. The lowest BCUT2D eigenvalue weighted by molar-refractivity contribution is -0.384. The van der Waals surface area contributed by atoms with Gasteiger partial charge >= 0.3 is 5.97 Å². The van der Waals surface area contributed by atoms with Crippen molar-refractivity contribution in [3.8, 4) is 5.75 Å². The van der Waals surface area contributed by atoms with Crippen LogP contribution in [0.5, 0.6) is 5.75 Å². The molecule has 0 heterocycles. The smallest absolute Gasteiger partial charge is 0.311 e. The van der Waals surface area contributed by atoms with E-state index < -0.39 is 24.3 Å². The second-order valence-electron chi connectivity index (χ2n) is 8.16. The Morgan fingerprint density at radius 3 is 1.67 bits per heavy atom. The number of nitro benzene ring substituents is 1. The highest BCUT2D eigenvalue weighted by atomic mass is 35.5. The number of nitrogens with zero attached hydrogens (tertiary/aromatic N) is 2. The van der Waals surface area contributed by atoms with Crippen LogP contribution in [-0.2, 0) is 9.59 Å². The second-order valence-corrected chi connectivity index (χ2v) is 8.97. The number of nitrogens with two attached hydrogens (primary N) is 1. The van der Waals surface area contributed by atoms with E-state index in [0.717, 1.165) is 6.42 Å². The maximum Gasteiger partial charge on any atom is 0.311 e. The van der Waals surface area contributed by atoms with Gasteiger partial charge in [-0.3, -0.25) is 24.1 Å². The number of amides is 1. The zero-order valence-corrected chi connectivity index (χ0v) is 28.1. The molecule has 0 saturated carbocycles. The van der Waals surface area contributed by atoms with Crippen LogP contribution < -0.4 is 15.8 Å². The van der Waals surface area contributed by atoms with Gasteiger partial charge in [-0.2, -0.15) is 0 Å². The molecule has 0 radical (unpaired) electrons. The number of alkyl halides is 3. The highest BCUT2D eigenvalue weighted by Crippen LogP contribution is 2.17. The molecular formula is C30H63Cl2FN4O9. The molecule has 0 aliphatic heterocycles. The first-order valence-corrected chi connectivity index (χ1v) is 15.1. The van der Waals surface area contributed by atoms with Crippen molar-refractivity contribution < 1.29 is 45.4 Å². The summed E-state index contributed by atoms with van der Waals surface area (Å²) in [7, 11) is -1.00. The van der Waals surface area contributed by atoms with Gasteiger partial charge in [0, 0.05) is 38.1 Å². The number of ether oxygens (including phenoxy) is 1. The Bertz CT molecular complexity index is 779. The number of nitro groups is 1. The highest BCUT2D eigenvalue weighted by Gasteiger charge is 2.07. The summed E-state index contributed by atoms with van der Waals surface area (Å²) >= 11 is 9.53. The predicted molar refractivity (Wildman–Crippen MR) is 187 cm³/mol. The van der Waals surface area contributed by atoms with E-state index in [4.69, 9.17) is 55.5 Å². The average molecular weight is 715 g/mol. The van der Waals surface area contributed by atoms with Crippen molar-refractivity contribution in [2.45, 2.75) is 87.4 Å². The van der Waals surface area contributed by atoms with Crippen molar-refractivity contribution in [3.63, 3.8) is 0 Å². The molecule has 16 heteroatoms. The second kappa shape index (κ2) is 47.2. The number of aliphatic hydroxyl groups excluding tert-OH is 4. The molecule has 0 saturated heterocycles. The van der Waals surface area contributed by atoms with Gasteiger partial charge in [0.2, 0.25) is 5.91 Å². The molecule has 2 atom stereocenters. The van der Waals surface area contributed by atoms with E-state index in [0.29, 0.717) is 25.0 Å². The minimum Gasteiger partial charge on any atom is -0.427 e. The number of hydrogen-bond acceptors (Lipinski definition) is 11. The number of halogens is 3. The summed E-state index contributed by atoms with van der Waals surface area (Å²) in [5.41, 5.74) is 4.85. The molecule has 1 rings (SSSR count). The fraction of sp³-hybridized carbons (Fsp3) is 0.733. The molecule has 1 amide bonds. The number of aliphatic hydroxyl groups is 4. The van der Waals surface area contributed by atoms with Crippen molar-refractivity contribution in [1.29, 1.82) is 0 Å². The van der Waals surface area contributed by atoms with Crippen molar-refractivity contribution in [3.05, 3.63) is 34.4 Å². The van der Waals surface area contributed by atoms with Crippen LogP contribution in [0.3, 0.4) is 0 Å². The standard InChI is InChI=1S/C10H11NO4.C7H15NO3.C6H15N.C3H9NO2.CH2Cl2.CH3F.2CH4/c1-2-3-10(12)15-9-6-4-8(5-7-9)11(13)14;1-2-3-7(11)8-4-6(10)5-9;1-4-7(5-2)6-3;4-1-3(6)2-5;2-1-3;1-2;;/h4-7H,2-3H2,1H3;6,9-10H,2-5H2,1H3,(H,8,11);4-6H2,1-3H3;3,5-6H,1-2,4H2;1H2;1H3;2*1H4/i;;;;;1D;;. The Balaban J connectivity index is -0.0000000888. The van der Waals surface area contributed by atoms with Crippen molar-refractivity contribution in [1.82, 2.24) is 10.2 Å². The number of benzene rings is 1. The topological polar surface area (TPSA) is 209 Å². The van der Waals surface area contributed by atoms with Crippen LogP contribution in [0.15, 0.2) is 24.3 Å². The number of rotatable bonds is 14. The van der Waals surface area contributed by atoms with Crippen LogP contribution in [0.1, 0.15) is 76.5 Å². The number of carbonyl (C=O) groups excluding carboxylic acids is 2. The quantitative estimate of drug-likeness (QED) is 0.0520. The van der Waals surface area contributed by atoms with E-state index >= 15 is 0 Å². The van der Waals surface area contributed by atoms with E-state index in [1.165, 1.54) is 43.9 Å². The third-order valence-electron chi connectivity index (χ3n) is 4.78. The number of carbonyl (C=O) groups is 2. The monoisotopic (exact) mass is 713 g/mol. The van der Waals surface area contributed by atoms with Gasteiger partial charge in [-0.05, 0) is 44.6 Å². The number of nitrogens with one attached hydrogen (secondary N) is 1. The first-order valence-electron chi connectivity index (χ1n) is 14.7. The maximum atomic E-state index is 11.1. The normalized spacial score (nSPS) is 10.4. The zero-order valence-electron chi connectivity index (χ0n) is 27.6. The largest absolute Gasteiger partial charge is 0.427 e. The van der Waals surface area contributed by atoms with Crippen LogP contribution in [0, 0.1) is 10.1 Å². The molecule has 0 bridgehead atoms. The van der Waals surface area contributed by atoms with Crippen LogP contribution >= 0.6 is 23.2 Å². The molecule has 0 spiro atoms. The summed E-state index contributed by atoms with van der Waals surface area (Å²) in [4.78, 5) is 34.0. The zero-order chi connectivity index (χ0) is 36.1. The average Bonchev–Trinajstić information content (AvgIpc) is 3.02. The molecule has 278 valence electrons. The lowest BCUT2D eigenvalue weighted by atomic mass is 10.3. The Labute approximate surface area is 287 Å². The molecular weight excluding hydrogens is 650 g/mol. The maximum absolute atomic E-state index is 11.1. The summed E-state index contributed by atoms with van der Waals surface area (Å²) in [6.45, 7) is 13.6. The van der Waals surface area contributed by atoms with Crippen LogP contribution in [0.4, 0.5) is 10.1 Å². The van der Waals surface area contributed by atoms with Crippen molar-refractivity contribution in [2.24, 2.45) is 5.73 Å².